The first-order valence-corrected chi connectivity index (χ1v) is 9.50. The van der Waals surface area contributed by atoms with E-state index in [2.05, 4.69) is 0 Å². The van der Waals surface area contributed by atoms with Crippen LogP contribution in [0.3, 0.4) is 0 Å². The number of rotatable bonds is 3. The van der Waals surface area contributed by atoms with Gasteiger partial charge in [0.1, 0.15) is 11.5 Å². The highest BCUT2D eigenvalue weighted by molar-refractivity contribution is 6.42. The first kappa shape index (κ1) is 19.2. The van der Waals surface area contributed by atoms with Crippen LogP contribution in [0.15, 0.2) is 66.4 Å². The van der Waals surface area contributed by atoms with Crippen LogP contribution in [-0.4, -0.2) is 11.8 Å². The van der Waals surface area contributed by atoms with E-state index < -0.39 is 5.97 Å². The fourth-order valence-electron chi connectivity index (χ4n) is 2.97. The molecule has 4 nitrogen and oxygen atoms in total. The van der Waals surface area contributed by atoms with E-state index >= 15 is 0 Å². The van der Waals surface area contributed by atoms with Crippen molar-refractivity contribution in [2.45, 2.75) is 6.92 Å². The van der Waals surface area contributed by atoms with Crippen LogP contribution >= 0.6 is 23.2 Å². The second-order valence-corrected chi connectivity index (χ2v) is 7.25. The highest BCUT2D eigenvalue weighted by Gasteiger charge is 2.30. The van der Waals surface area contributed by atoms with Crippen LogP contribution in [-0.2, 0) is 0 Å². The number of fused-ring (bicyclic) bond motifs is 1. The zero-order chi connectivity index (χ0) is 20.5. The van der Waals surface area contributed by atoms with Gasteiger partial charge in [0.2, 0.25) is 5.78 Å². The Morgan fingerprint density at radius 3 is 2.48 bits per heavy atom. The molecule has 0 spiro atoms. The molecule has 29 heavy (non-hydrogen) atoms. The largest absolute Gasteiger partial charge is 0.452 e. The molecule has 4 rings (SSSR count). The fourth-order valence-corrected chi connectivity index (χ4v) is 3.27. The minimum atomic E-state index is -0.482. The molecule has 144 valence electrons. The molecule has 0 amide bonds. The van der Waals surface area contributed by atoms with Crippen molar-refractivity contribution in [3.63, 3.8) is 0 Å². The van der Waals surface area contributed by atoms with Gasteiger partial charge < -0.3 is 9.47 Å². The average molecular weight is 425 g/mol. The molecule has 0 aliphatic carbocycles. The Balaban J connectivity index is 1.62. The Bertz CT molecular complexity index is 1170. The van der Waals surface area contributed by atoms with Crippen molar-refractivity contribution in [2.24, 2.45) is 0 Å². The summed E-state index contributed by atoms with van der Waals surface area (Å²) in [6.07, 6.45) is 1.60. The molecule has 1 heterocycles. The second kappa shape index (κ2) is 7.74. The summed E-state index contributed by atoms with van der Waals surface area (Å²) < 4.78 is 11.3. The van der Waals surface area contributed by atoms with Gasteiger partial charge in [-0.05, 0) is 55.0 Å². The number of carbonyl (C=O) groups excluding carboxylic acids is 2. The summed E-state index contributed by atoms with van der Waals surface area (Å²) in [6.45, 7) is 1.74. The summed E-state index contributed by atoms with van der Waals surface area (Å²) in [6, 6.07) is 16.9. The highest BCUT2D eigenvalue weighted by atomic mass is 35.5. The zero-order valence-corrected chi connectivity index (χ0v) is 16.8. The van der Waals surface area contributed by atoms with Crippen molar-refractivity contribution in [3.05, 3.63) is 98.7 Å². The average Bonchev–Trinajstić information content (AvgIpc) is 3.04. The van der Waals surface area contributed by atoms with Gasteiger partial charge in [0.15, 0.2) is 5.76 Å². The number of allylic oxidation sites excluding steroid dienone is 1. The quantitative estimate of drug-likeness (QED) is 0.288. The molecule has 3 aromatic rings. The third kappa shape index (κ3) is 3.77. The Hall–Kier alpha value is -3.08. The summed E-state index contributed by atoms with van der Waals surface area (Å²) in [5.74, 6) is 0.133. The van der Waals surface area contributed by atoms with Crippen LogP contribution in [0.25, 0.3) is 6.08 Å². The molecule has 1 aliphatic heterocycles. The van der Waals surface area contributed by atoms with Crippen molar-refractivity contribution < 1.29 is 19.1 Å². The van der Waals surface area contributed by atoms with E-state index in [1.165, 1.54) is 0 Å². The third-order valence-corrected chi connectivity index (χ3v) is 5.23. The summed E-state index contributed by atoms with van der Waals surface area (Å²) in [4.78, 5) is 25.0. The van der Waals surface area contributed by atoms with Gasteiger partial charge in [-0.25, -0.2) is 4.79 Å². The SMILES string of the molecule is Cc1c(OC(=O)c2ccccc2)ccc2c1O/C(=C\c1ccc(Cl)c(Cl)c1)C2=O. The maximum Gasteiger partial charge on any atom is 0.343 e. The monoisotopic (exact) mass is 424 g/mol. The minimum Gasteiger partial charge on any atom is -0.452 e. The van der Waals surface area contributed by atoms with E-state index in [0.717, 1.165) is 0 Å². The molecule has 1 aliphatic rings. The van der Waals surface area contributed by atoms with Crippen LogP contribution in [0, 0.1) is 6.92 Å². The Morgan fingerprint density at radius 2 is 1.76 bits per heavy atom. The van der Waals surface area contributed by atoms with Crippen molar-refractivity contribution in [1.29, 1.82) is 0 Å². The molecule has 0 saturated heterocycles. The molecule has 6 heteroatoms. The zero-order valence-electron chi connectivity index (χ0n) is 15.2. The standard InChI is InChI=1S/C23H14Cl2O4/c1-13-19(29-23(27)15-5-3-2-4-6-15)10-8-16-21(26)20(28-22(13)16)12-14-7-9-17(24)18(25)11-14/h2-12H,1H3/b20-12-. The molecule has 0 saturated carbocycles. The lowest BCUT2D eigenvalue weighted by Gasteiger charge is -2.10. The van der Waals surface area contributed by atoms with E-state index in [1.807, 2.05) is 6.07 Å². The molecule has 3 aromatic carbocycles. The van der Waals surface area contributed by atoms with Gasteiger partial charge in [0.25, 0.3) is 0 Å². The number of halogens is 2. The lowest BCUT2D eigenvalue weighted by Crippen LogP contribution is -2.09. The first-order valence-electron chi connectivity index (χ1n) is 8.74. The van der Waals surface area contributed by atoms with Gasteiger partial charge in [-0.15, -0.1) is 0 Å². The molecule has 0 aromatic heterocycles. The normalized spacial score (nSPS) is 13.9. The molecule has 0 atom stereocenters. The van der Waals surface area contributed by atoms with Crippen LogP contribution in [0.5, 0.6) is 11.5 Å². The smallest absolute Gasteiger partial charge is 0.343 e. The van der Waals surface area contributed by atoms with E-state index in [0.29, 0.717) is 43.8 Å². The van der Waals surface area contributed by atoms with Gasteiger partial charge >= 0.3 is 5.97 Å². The number of esters is 1. The Labute approximate surface area is 177 Å². The van der Waals surface area contributed by atoms with Crippen molar-refractivity contribution in [3.8, 4) is 11.5 Å². The van der Waals surface area contributed by atoms with Crippen LogP contribution in [0.4, 0.5) is 0 Å². The van der Waals surface area contributed by atoms with Crippen molar-refractivity contribution >= 4 is 41.0 Å². The van der Waals surface area contributed by atoms with Crippen molar-refractivity contribution in [1.82, 2.24) is 0 Å². The van der Waals surface area contributed by atoms with E-state index in [4.69, 9.17) is 32.7 Å². The van der Waals surface area contributed by atoms with Gasteiger partial charge in [0.05, 0.1) is 21.2 Å². The Kier molecular flexibility index (Phi) is 5.14. The van der Waals surface area contributed by atoms with Crippen LogP contribution in [0.2, 0.25) is 10.0 Å². The summed E-state index contributed by atoms with van der Waals surface area (Å²) in [5.41, 5.74) is 2.10. The van der Waals surface area contributed by atoms with E-state index in [1.54, 1.807) is 67.6 Å². The lowest BCUT2D eigenvalue weighted by atomic mass is 10.1. The molecule has 0 N–H and O–H groups in total. The minimum absolute atomic E-state index is 0.160. The third-order valence-electron chi connectivity index (χ3n) is 4.49. The van der Waals surface area contributed by atoms with E-state index in [9.17, 15) is 9.59 Å². The number of Topliss-reactive ketones (excluding diaryl/α,β-unsaturated/α-hetero) is 1. The van der Waals surface area contributed by atoms with Crippen molar-refractivity contribution in [2.75, 3.05) is 0 Å². The van der Waals surface area contributed by atoms with Crippen LogP contribution < -0.4 is 9.47 Å². The predicted molar refractivity (Wildman–Crippen MR) is 112 cm³/mol. The van der Waals surface area contributed by atoms with Gasteiger partial charge in [-0.3, -0.25) is 4.79 Å². The number of hydrogen-bond acceptors (Lipinski definition) is 4. The number of ketones is 1. The first-order chi connectivity index (χ1) is 13.9. The van der Waals surface area contributed by atoms with E-state index in [-0.39, 0.29) is 11.5 Å². The molecule has 0 bridgehead atoms. The van der Waals surface area contributed by atoms with Gasteiger partial charge in [-0.1, -0.05) is 47.5 Å². The molecule has 0 fully saturated rings. The number of benzene rings is 3. The predicted octanol–water partition coefficient (Wildman–Crippen LogP) is 6.14. The molecule has 0 unspecified atom stereocenters. The van der Waals surface area contributed by atoms with Gasteiger partial charge in [-0.2, -0.15) is 0 Å². The molecular weight excluding hydrogens is 411 g/mol. The number of ether oxygens (including phenoxy) is 2. The maximum atomic E-state index is 12.7. The lowest BCUT2D eigenvalue weighted by molar-refractivity contribution is 0.0733. The van der Waals surface area contributed by atoms with Crippen LogP contribution in [0.1, 0.15) is 31.8 Å². The topological polar surface area (TPSA) is 52.6 Å². The number of hydrogen-bond donors (Lipinski definition) is 0. The van der Waals surface area contributed by atoms with Gasteiger partial charge in [0, 0.05) is 5.56 Å². The maximum absolute atomic E-state index is 12.7. The summed E-state index contributed by atoms with van der Waals surface area (Å²) in [5, 5.41) is 0.812. The Morgan fingerprint density at radius 1 is 1.00 bits per heavy atom. The molecular formula is C23H14Cl2O4. The summed E-state index contributed by atoms with van der Waals surface area (Å²) in [7, 11) is 0. The molecule has 0 radical (unpaired) electrons. The summed E-state index contributed by atoms with van der Waals surface area (Å²) >= 11 is 12.0. The second-order valence-electron chi connectivity index (χ2n) is 6.43. The highest BCUT2D eigenvalue weighted by Crippen LogP contribution is 2.39. The number of carbonyl (C=O) groups is 2. The fraction of sp³-hybridized carbons (Fsp3) is 0.0435.